The van der Waals surface area contributed by atoms with Gasteiger partial charge in [0.25, 0.3) is 0 Å². The maximum Gasteiger partial charge on any atom is 0.306 e. The number of nitrogens with zero attached hydrogens (tertiary/aromatic N) is 1. The number of hydrogen-bond donors (Lipinski definition) is 2. The van der Waals surface area contributed by atoms with Crippen molar-refractivity contribution < 1.29 is 19.4 Å². The van der Waals surface area contributed by atoms with Gasteiger partial charge in [0.1, 0.15) is 11.5 Å². The van der Waals surface area contributed by atoms with E-state index in [9.17, 15) is 4.79 Å². The largest absolute Gasteiger partial charge is 0.494 e. The van der Waals surface area contributed by atoms with Gasteiger partial charge in [-0.25, -0.2) is 4.98 Å². The highest BCUT2D eigenvalue weighted by molar-refractivity contribution is 5.70. The van der Waals surface area contributed by atoms with E-state index in [4.69, 9.17) is 14.6 Å². The van der Waals surface area contributed by atoms with Gasteiger partial charge in [0.15, 0.2) is 0 Å². The summed E-state index contributed by atoms with van der Waals surface area (Å²) in [6, 6.07) is 11.7. The SMILES string of the molecule is CCOc1ccc(Oc2cc(CNC3CCC(C(=O)O)CC3)ccn2)cc1. The fourth-order valence-corrected chi connectivity index (χ4v) is 3.31. The van der Waals surface area contributed by atoms with Crippen molar-refractivity contribution in [1.29, 1.82) is 0 Å². The molecule has 27 heavy (non-hydrogen) atoms. The molecule has 0 aliphatic heterocycles. The second-order valence-electron chi connectivity index (χ2n) is 6.78. The zero-order valence-electron chi connectivity index (χ0n) is 15.6. The first-order chi connectivity index (χ1) is 13.1. The standard InChI is InChI=1S/C21H26N2O4/c1-2-26-18-7-9-19(10-8-18)27-20-13-15(11-12-22-20)14-23-17-5-3-16(4-6-17)21(24)25/h7-13,16-17,23H,2-6,14H2,1H3,(H,24,25). The summed E-state index contributed by atoms with van der Waals surface area (Å²) in [4.78, 5) is 15.3. The van der Waals surface area contributed by atoms with Crippen molar-refractivity contribution in [3.63, 3.8) is 0 Å². The Bertz CT molecular complexity index is 740. The number of benzene rings is 1. The second-order valence-corrected chi connectivity index (χ2v) is 6.78. The Morgan fingerprint density at radius 2 is 1.85 bits per heavy atom. The Morgan fingerprint density at radius 1 is 1.15 bits per heavy atom. The van der Waals surface area contributed by atoms with E-state index in [0.29, 0.717) is 30.8 Å². The molecule has 0 unspecified atom stereocenters. The Kier molecular flexibility index (Phi) is 6.65. The molecular weight excluding hydrogens is 344 g/mol. The summed E-state index contributed by atoms with van der Waals surface area (Å²) < 4.78 is 11.3. The number of hydrogen-bond acceptors (Lipinski definition) is 5. The number of rotatable bonds is 8. The average Bonchev–Trinajstić information content (AvgIpc) is 2.69. The van der Waals surface area contributed by atoms with Crippen LogP contribution in [0.15, 0.2) is 42.6 Å². The first-order valence-corrected chi connectivity index (χ1v) is 9.46. The first kappa shape index (κ1) is 19.2. The van der Waals surface area contributed by atoms with Crippen molar-refractivity contribution >= 4 is 5.97 Å². The van der Waals surface area contributed by atoms with E-state index in [1.807, 2.05) is 43.3 Å². The molecule has 0 atom stereocenters. The summed E-state index contributed by atoms with van der Waals surface area (Å²) in [7, 11) is 0. The van der Waals surface area contributed by atoms with Crippen molar-refractivity contribution in [3.05, 3.63) is 48.2 Å². The van der Waals surface area contributed by atoms with Crippen LogP contribution in [0.2, 0.25) is 0 Å². The summed E-state index contributed by atoms with van der Waals surface area (Å²) in [5.41, 5.74) is 1.09. The lowest BCUT2D eigenvalue weighted by Crippen LogP contribution is -2.34. The van der Waals surface area contributed by atoms with Crippen molar-refractivity contribution in [2.24, 2.45) is 5.92 Å². The summed E-state index contributed by atoms with van der Waals surface area (Å²) in [6.07, 6.45) is 5.03. The molecule has 1 saturated carbocycles. The number of nitrogens with one attached hydrogen (secondary N) is 1. The molecule has 1 aromatic heterocycles. The fourth-order valence-electron chi connectivity index (χ4n) is 3.31. The van der Waals surface area contributed by atoms with Gasteiger partial charge in [0.2, 0.25) is 5.88 Å². The minimum absolute atomic E-state index is 0.182. The van der Waals surface area contributed by atoms with Crippen LogP contribution in [0.3, 0.4) is 0 Å². The Hall–Kier alpha value is -2.60. The molecule has 6 heteroatoms. The van der Waals surface area contributed by atoms with Crippen LogP contribution in [0.4, 0.5) is 0 Å². The summed E-state index contributed by atoms with van der Waals surface area (Å²) >= 11 is 0. The molecule has 0 spiro atoms. The molecule has 1 fully saturated rings. The van der Waals surface area contributed by atoms with Gasteiger partial charge in [-0.3, -0.25) is 4.79 Å². The highest BCUT2D eigenvalue weighted by Gasteiger charge is 2.25. The van der Waals surface area contributed by atoms with E-state index in [0.717, 1.165) is 37.0 Å². The highest BCUT2D eigenvalue weighted by Crippen LogP contribution is 2.25. The molecule has 0 bridgehead atoms. The van der Waals surface area contributed by atoms with Gasteiger partial charge in [0, 0.05) is 24.8 Å². The van der Waals surface area contributed by atoms with Gasteiger partial charge >= 0.3 is 5.97 Å². The number of aromatic nitrogens is 1. The zero-order valence-corrected chi connectivity index (χ0v) is 15.6. The molecule has 6 nitrogen and oxygen atoms in total. The monoisotopic (exact) mass is 370 g/mol. The molecule has 3 rings (SSSR count). The highest BCUT2D eigenvalue weighted by atomic mass is 16.5. The second kappa shape index (κ2) is 9.37. The smallest absolute Gasteiger partial charge is 0.306 e. The van der Waals surface area contributed by atoms with Gasteiger partial charge in [-0.1, -0.05) is 0 Å². The lowest BCUT2D eigenvalue weighted by Gasteiger charge is -2.27. The van der Waals surface area contributed by atoms with Crippen LogP contribution >= 0.6 is 0 Å². The molecule has 144 valence electrons. The number of ether oxygens (including phenoxy) is 2. The average molecular weight is 370 g/mol. The number of pyridine rings is 1. The maximum absolute atomic E-state index is 11.0. The molecule has 0 radical (unpaired) electrons. The third-order valence-corrected chi connectivity index (χ3v) is 4.83. The Labute approximate surface area is 159 Å². The number of aliphatic carboxylic acids is 1. The van der Waals surface area contributed by atoms with Crippen molar-refractivity contribution in [3.8, 4) is 17.4 Å². The molecule has 1 heterocycles. The van der Waals surface area contributed by atoms with E-state index >= 15 is 0 Å². The Morgan fingerprint density at radius 3 is 2.52 bits per heavy atom. The molecule has 2 aromatic rings. The minimum atomic E-state index is -0.668. The van der Waals surface area contributed by atoms with E-state index in [-0.39, 0.29) is 5.92 Å². The van der Waals surface area contributed by atoms with Gasteiger partial charge in [-0.05, 0) is 68.5 Å². The molecule has 1 aliphatic carbocycles. The molecule has 0 amide bonds. The normalized spacial score (nSPS) is 19.4. The predicted molar refractivity (Wildman–Crippen MR) is 102 cm³/mol. The van der Waals surface area contributed by atoms with E-state index in [1.165, 1.54) is 0 Å². The molecule has 1 aliphatic rings. The van der Waals surface area contributed by atoms with Crippen LogP contribution in [0.25, 0.3) is 0 Å². The first-order valence-electron chi connectivity index (χ1n) is 9.46. The quantitative estimate of drug-likeness (QED) is 0.731. The van der Waals surface area contributed by atoms with Gasteiger partial charge < -0.3 is 19.9 Å². The third kappa shape index (κ3) is 5.69. The topological polar surface area (TPSA) is 80.7 Å². The third-order valence-electron chi connectivity index (χ3n) is 4.83. The van der Waals surface area contributed by atoms with Crippen LogP contribution in [-0.4, -0.2) is 28.7 Å². The summed E-state index contributed by atoms with van der Waals surface area (Å²) in [5.74, 6) is 1.22. The van der Waals surface area contributed by atoms with Crippen molar-refractivity contribution in [2.45, 2.75) is 45.2 Å². The van der Waals surface area contributed by atoms with Crippen LogP contribution in [0.1, 0.15) is 38.2 Å². The van der Waals surface area contributed by atoms with Gasteiger partial charge in [-0.15, -0.1) is 0 Å². The van der Waals surface area contributed by atoms with Crippen LogP contribution < -0.4 is 14.8 Å². The fraction of sp³-hybridized carbons (Fsp3) is 0.429. The molecule has 1 aromatic carbocycles. The summed E-state index contributed by atoms with van der Waals surface area (Å²) in [6.45, 7) is 3.30. The number of carbonyl (C=O) groups is 1. The van der Waals surface area contributed by atoms with Crippen LogP contribution in [0.5, 0.6) is 17.4 Å². The predicted octanol–water partition coefficient (Wildman–Crippen LogP) is 4.01. The lowest BCUT2D eigenvalue weighted by molar-refractivity contribution is -0.142. The number of carboxylic acids is 1. The zero-order chi connectivity index (χ0) is 19.1. The van der Waals surface area contributed by atoms with E-state index in [1.54, 1.807) is 6.20 Å². The Balaban J connectivity index is 1.51. The molecule has 0 saturated heterocycles. The van der Waals surface area contributed by atoms with Crippen molar-refractivity contribution in [2.75, 3.05) is 6.61 Å². The molecular formula is C21H26N2O4. The number of carboxylic acid groups (broad SMARTS) is 1. The van der Waals surface area contributed by atoms with Gasteiger partial charge in [0.05, 0.1) is 12.5 Å². The maximum atomic E-state index is 11.0. The van der Waals surface area contributed by atoms with Crippen LogP contribution in [0, 0.1) is 5.92 Å². The van der Waals surface area contributed by atoms with Gasteiger partial charge in [-0.2, -0.15) is 0 Å². The summed E-state index contributed by atoms with van der Waals surface area (Å²) in [5, 5.41) is 12.6. The molecule has 2 N–H and O–H groups in total. The van der Waals surface area contributed by atoms with E-state index < -0.39 is 5.97 Å². The lowest BCUT2D eigenvalue weighted by atomic mass is 9.86. The van der Waals surface area contributed by atoms with Crippen molar-refractivity contribution in [1.82, 2.24) is 10.3 Å². The van der Waals surface area contributed by atoms with Crippen LogP contribution in [-0.2, 0) is 11.3 Å². The van der Waals surface area contributed by atoms with E-state index in [2.05, 4.69) is 10.3 Å². The minimum Gasteiger partial charge on any atom is -0.494 e.